The number of aliphatic hydroxyl groups is 1. The number of aliphatic hydroxyl groups excluding tert-OH is 1. The van der Waals surface area contributed by atoms with Gasteiger partial charge in [0.25, 0.3) is 0 Å². The van der Waals surface area contributed by atoms with Crippen LogP contribution in [-0.2, 0) is 0 Å². The second-order valence-corrected chi connectivity index (χ2v) is 3.16. The highest BCUT2D eigenvalue weighted by atomic mass is 19.4. The van der Waals surface area contributed by atoms with E-state index in [4.69, 9.17) is 5.11 Å². The van der Waals surface area contributed by atoms with Gasteiger partial charge in [-0.1, -0.05) is 24.8 Å². The molecule has 5 heteroatoms. The van der Waals surface area contributed by atoms with Crippen LogP contribution in [0.1, 0.15) is 0 Å². The molecule has 1 aromatic carbocycles. The molecular weight excluding hydrogens is 219 g/mol. The number of nitrogens with zero attached hydrogens (tertiary/aromatic N) is 1. The van der Waals surface area contributed by atoms with Crippen LogP contribution in [0.4, 0.5) is 18.9 Å². The lowest BCUT2D eigenvalue weighted by molar-refractivity contribution is -0.0931. The zero-order chi connectivity index (χ0) is 12.2. The number of allylic oxidation sites excluding steroid dienone is 1. The van der Waals surface area contributed by atoms with E-state index >= 15 is 0 Å². The van der Waals surface area contributed by atoms with Crippen LogP contribution in [0.2, 0.25) is 0 Å². The molecule has 0 atom stereocenters. The third kappa shape index (κ3) is 3.00. The van der Waals surface area contributed by atoms with Gasteiger partial charge in [-0.2, -0.15) is 13.2 Å². The summed E-state index contributed by atoms with van der Waals surface area (Å²) in [5, 5.41) is 8.76. The van der Waals surface area contributed by atoms with Crippen LogP contribution in [-0.4, -0.2) is 24.4 Å². The Kier molecular flexibility index (Phi) is 3.95. The lowest BCUT2D eigenvalue weighted by Gasteiger charge is -2.27. The molecule has 0 fully saturated rings. The maximum absolute atomic E-state index is 12.5. The number of anilines is 1. The summed E-state index contributed by atoms with van der Waals surface area (Å²) in [6, 6.07) is 8.03. The second-order valence-electron chi connectivity index (χ2n) is 3.16. The molecule has 0 aromatic heterocycles. The average Bonchev–Trinajstić information content (AvgIpc) is 2.25. The Morgan fingerprint density at radius 1 is 1.25 bits per heavy atom. The second kappa shape index (κ2) is 5.03. The summed E-state index contributed by atoms with van der Waals surface area (Å²) < 4.78 is 37.5. The van der Waals surface area contributed by atoms with Crippen molar-refractivity contribution in [2.45, 2.75) is 6.18 Å². The lowest BCUT2D eigenvalue weighted by Crippen LogP contribution is -2.33. The molecule has 0 radical (unpaired) electrons. The van der Waals surface area contributed by atoms with Crippen LogP contribution < -0.4 is 4.90 Å². The Balaban J connectivity index is 2.97. The zero-order valence-electron chi connectivity index (χ0n) is 8.54. The highest BCUT2D eigenvalue weighted by molar-refractivity contribution is 5.52. The van der Waals surface area contributed by atoms with Crippen molar-refractivity contribution >= 4 is 5.69 Å². The summed E-state index contributed by atoms with van der Waals surface area (Å²) in [7, 11) is 0. The van der Waals surface area contributed by atoms with E-state index in [1.807, 2.05) is 0 Å². The third-order valence-corrected chi connectivity index (χ3v) is 2.04. The topological polar surface area (TPSA) is 23.5 Å². The van der Waals surface area contributed by atoms with E-state index in [9.17, 15) is 13.2 Å². The fourth-order valence-electron chi connectivity index (χ4n) is 1.28. The van der Waals surface area contributed by atoms with Gasteiger partial charge in [0.15, 0.2) is 0 Å². The van der Waals surface area contributed by atoms with Crippen LogP contribution in [0.3, 0.4) is 0 Å². The van der Waals surface area contributed by atoms with Gasteiger partial charge in [-0.05, 0) is 12.1 Å². The number of hydrogen-bond donors (Lipinski definition) is 1. The standard InChI is InChI=1S/C11H12F3NO/c1-9(11(12,13)14)15(7-8-16)10-5-3-2-4-6-10/h2-6,16H,1,7-8H2. The summed E-state index contributed by atoms with van der Waals surface area (Å²) in [5.41, 5.74) is -0.619. The molecule has 88 valence electrons. The predicted octanol–water partition coefficient (Wildman–Crippen LogP) is 2.56. The van der Waals surface area contributed by atoms with Crippen LogP contribution >= 0.6 is 0 Å². The first-order chi connectivity index (χ1) is 7.46. The Hall–Kier alpha value is -1.49. The van der Waals surface area contributed by atoms with Gasteiger partial charge in [0.2, 0.25) is 0 Å². The van der Waals surface area contributed by atoms with E-state index in [1.54, 1.807) is 18.2 Å². The molecule has 1 aromatic rings. The molecule has 0 aliphatic heterocycles. The van der Waals surface area contributed by atoms with E-state index < -0.39 is 11.9 Å². The van der Waals surface area contributed by atoms with Gasteiger partial charge >= 0.3 is 6.18 Å². The van der Waals surface area contributed by atoms with Crippen molar-refractivity contribution in [2.24, 2.45) is 0 Å². The van der Waals surface area contributed by atoms with Gasteiger partial charge in [0.05, 0.1) is 6.61 Å². The Labute approximate surface area is 91.6 Å². The van der Waals surface area contributed by atoms with E-state index in [2.05, 4.69) is 6.58 Å². The predicted molar refractivity (Wildman–Crippen MR) is 56.1 cm³/mol. The van der Waals surface area contributed by atoms with Gasteiger partial charge < -0.3 is 10.0 Å². The molecule has 0 unspecified atom stereocenters. The zero-order valence-corrected chi connectivity index (χ0v) is 8.54. The van der Waals surface area contributed by atoms with E-state index in [1.165, 1.54) is 12.1 Å². The van der Waals surface area contributed by atoms with Crippen molar-refractivity contribution in [2.75, 3.05) is 18.1 Å². The molecule has 0 saturated heterocycles. The van der Waals surface area contributed by atoms with Gasteiger partial charge in [-0.3, -0.25) is 0 Å². The number of benzene rings is 1. The average molecular weight is 231 g/mol. The third-order valence-electron chi connectivity index (χ3n) is 2.04. The van der Waals surface area contributed by atoms with Gasteiger partial charge in [0.1, 0.15) is 5.70 Å². The van der Waals surface area contributed by atoms with Crippen LogP contribution in [0, 0.1) is 0 Å². The summed E-state index contributed by atoms with van der Waals surface area (Å²) in [5.74, 6) is 0. The number of rotatable bonds is 4. The number of hydrogen-bond acceptors (Lipinski definition) is 2. The smallest absolute Gasteiger partial charge is 0.395 e. The van der Waals surface area contributed by atoms with E-state index in [0.29, 0.717) is 5.69 Å². The van der Waals surface area contributed by atoms with E-state index in [-0.39, 0.29) is 13.2 Å². The first-order valence-electron chi connectivity index (χ1n) is 4.66. The maximum Gasteiger partial charge on any atom is 0.430 e. The quantitative estimate of drug-likeness (QED) is 0.860. The van der Waals surface area contributed by atoms with Crippen molar-refractivity contribution in [3.63, 3.8) is 0 Å². The fraction of sp³-hybridized carbons (Fsp3) is 0.273. The minimum absolute atomic E-state index is 0.137. The summed E-state index contributed by atoms with van der Waals surface area (Å²) in [6.07, 6.45) is -4.50. The van der Waals surface area contributed by atoms with Crippen LogP contribution in [0.25, 0.3) is 0 Å². The first-order valence-corrected chi connectivity index (χ1v) is 4.66. The molecule has 0 aliphatic carbocycles. The molecule has 0 spiro atoms. The summed E-state index contributed by atoms with van der Waals surface area (Å²) in [6.45, 7) is 2.50. The maximum atomic E-state index is 12.5. The molecule has 2 nitrogen and oxygen atoms in total. The normalized spacial score (nSPS) is 11.2. The Morgan fingerprint density at radius 3 is 2.25 bits per heavy atom. The minimum Gasteiger partial charge on any atom is -0.395 e. The van der Waals surface area contributed by atoms with Crippen LogP contribution in [0.15, 0.2) is 42.6 Å². The Morgan fingerprint density at radius 2 is 1.81 bits per heavy atom. The first kappa shape index (κ1) is 12.6. The molecule has 0 heterocycles. The van der Waals surface area contributed by atoms with Crippen molar-refractivity contribution in [1.82, 2.24) is 0 Å². The van der Waals surface area contributed by atoms with Crippen molar-refractivity contribution < 1.29 is 18.3 Å². The Bertz CT molecular complexity index is 348. The molecule has 0 bridgehead atoms. The number of alkyl halides is 3. The monoisotopic (exact) mass is 231 g/mol. The SMILES string of the molecule is C=C(N(CCO)c1ccccc1)C(F)(F)F. The molecular formula is C11H12F3NO. The van der Waals surface area contributed by atoms with Crippen LogP contribution in [0.5, 0.6) is 0 Å². The molecule has 0 aliphatic rings. The van der Waals surface area contributed by atoms with Gasteiger partial charge in [0, 0.05) is 12.2 Å². The number of para-hydroxylation sites is 1. The fourth-order valence-corrected chi connectivity index (χ4v) is 1.28. The largest absolute Gasteiger partial charge is 0.430 e. The van der Waals surface area contributed by atoms with Gasteiger partial charge in [-0.25, -0.2) is 0 Å². The molecule has 0 saturated carbocycles. The lowest BCUT2D eigenvalue weighted by atomic mass is 10.2. The molecule has 16 heavy (non-hydrogen) atoms. The van der Waals surface area contributed by atoms with Crippen molar-refractivity contribution in [3.05, 3.63) is 42.6 Å². The van der Waals surface area contributed by atoms with E-state index in [0.717, 1.165) is 4.90 Å². The summed E-state index contributed by atoms with van der Waals surface area (Å²) >= 11 is 0. The molecule has 1 rings (SSSR count). The molecule has 0 amide bonds. The highest BCUT2D eigenvalue weighted by Gasteiger charge is 2.36. The van der Waals surface area contributed by atoms with Crippen molar-refractivity contribution in [1.29, 1.82) is 0 Å². The van der Waals surface area contributed by atoms with Crippen molar-refractivity contribution in [3.8, 4) is 0 Å². The number of halogens is 3. The van der Waals surface area contributed by atoms with Gasteiger partial charge in [-0.15, -0.1) is 0 Å². The minimum atomic E-state index is -4.50. The highest BCUT2D eigenvalue weighted by Crippen LogP contribution is 2.30. The summed E-state index contributed by atoms with van der Waals surface area (Å²) in [4.78, 5) is 0.944. The molecule has 1 N–H and O–H groups in total.